The molecule has 0 heterocycles. The van der Waals surface area contributed by atoms with Gasteiger partial charge in [-0.05, 0) is 60.2 Å². The van der Waals surface area contributed by atoms with Crippen molar-refractivity contribution in [2.45, 2.75) is 19.9 Å². The summed E-state index contributed by atoms with van der Waals surface area (Å²) in [6.07, 6.45) is 0. The van der Waals surface area contributed by atoms with Gasteiger partial charge in [0.2, 0.25) is 0 Å². The summed E-state index contributed by atoms with van der Waals surface area (Å²) >= 11 is 2.28. The standard InChI is InChI=1S/C15H15FINO/c1-9-3-4-11(7-15(9)17)18-10(2)13-6-5-12(19)8-14(13)16/h3-8,10,18-19H,1-2H3. The van der Waals surface area contributed by atoms with Crippen molar-refractivity contribution in [2.24, 2.45) is 0 Å². The van der Waals surface area contributed by atoms with Crippen LogP contribution in [0.3, 0.4) is 0 Å². The van der Waals surface area contributed by atoms with Crippen LogP contribution in [0.1, 0.15) is 24.1 Å². The van der Waals surface area contributed by atoms with Crippen LogP contribution in [0, 0.1) is 16.3 Å². The summed E-state index contributed by atoms with van der Waals surface area (Å²) in [4.78, 5) is 0. The highest BCUT2D eigenvalue weighted by Gasteiger charge is 2.11. The molecule has 0 aliphatic heterocycles. The van der Waals surface area contributed by atoms with Gasteiger partial charge in [0.25, 0.3) is 0 Å². The Morgan fingerprint density at radius 2 is 1.95 bits per heavy atom. The van der Waals surface area contributed by atoms with E-state index in [1.807, 2.05) is 25.1 Å². The fourth-order valence-corrected chi connectivity index (χ4v) is 2.39. The molecule has 19 heavy (non-hydrogen) atoms. The van der Waals surface area contributed by atoms with Crippen LogP contribution in [0.5, 0.6) is 5.75 Å². The molecule has 2 rings (SSSR count). The number of halogens is 2. The second-order valence-electron chi connectivity index (χ2n) is 4.54. The van der Waals surface area contributed by atoms with Crippen molar-refractivity contribution in [2.75, 3.05) is 5.32 Å². The maximum absolute atomic E-state index is 13.7. The molecule has 2 N–H and O–H groups in total. The number of benzene rings is 2. The molecule has 0 saturated heterocycles. The van der Waals surface area contributed by atoms with Crippen molar-refractivity contribution in [1.29, 1.82) is 0 Å². The summed E-state index contributed by atoms with van der Waals surface area (Å²) in [5.41, 5.74) is 2.71. The van der Waals surface area contributed by atoms with Gasteiger partial charge in [0.15, 0.2) is 0 Å². The van der Waals surface area contributed by atoms with Gasteiger partial charge in [-0.25, -0.2) is 4.39 Å². The smallest absolute Gasteiger partial charge is 0.132 e. The van der Waals surface area contributed by atoms with Crippen LogP contribution in [0.2, 0.25) is 0 Å². The highest BCUT2D eigenvalue weighted by Crippen LogP contribution is 2.25. The zero-order valence-corrected chi connectivity index (χ0v) is 12.9. The lowest BCUT2D eigenvalue weighted by Gasteiger charge is -2.17. The molecular formula is C15H15FINO. The number of nitrogens with one attached hydrogen (secondary N) is 1. The Labute approximate surface area is 125 Å². The number of anilines is 1. The minimum Gasteiger partial charge on any atom is -0.508 e. The fraction of sp³-hybridized carbons (Fsp3) is 0.200. The number of hydrogen-bond acceptors (Lipinski definition) is 2. The molecule has 0 radical (unpaired) electrons. The first-order valence-corrected chi connectivity index (χ1v) is 7.06. The van der Waals surface area contributed by atoms with Crippen LogP contribution >= 0.6 is 22.6 Å². The van der Waals surface area contributed by atoms with Crippen LogP contribution in [-0.2, 0) is 0 Å². The van der Waals surface area contributed by atoms with Crippen molar-refractivity contribution in [3.8, 4) is 5.75 Å². The Balaban J connectivity index is 2.20. The highest BCUT2D eigenvalue weighted by molar-refractivity contribution is 14.1. The lowest BCUT2D eigenvalue weighted by atomic mass is 10.1. The van der Waals surface area contributed by atoms with E-state index in [0.29, 0.717) is 5.56 Å². The van der Waals surface area contributed by atoms with Gasteiger partial charge >= 0.3 is 0 Å². The Bertz CT molecular complexity index is 601. The van der Waals surface area contributed by atoms with Gasteiger partial charge in [0, 0.05) is 20.9 Å². The van der Waals surface area contributed by atoms with Gasteiger partial charge in [-0.15, -0.1) is 0 Å². The van der Waals surface area contributed by atoms with Crippen molar-refractivity contribution in [3.05, 3.63) is 56.9 Å². The van der Waals surface area contributed by atoms with Gasteiger partial charge in [0.05, 0.1) is 6.04 Å². The first-order valence-electron chi connectivity index (χ1n) is 5.98. The third-order valence-electron chi connectivity index (χ3n) is 3.01. The number of phenolic OH excluding ortho intramolecular Hbond substituents is 1. The predicted molar refractivity (Wildman–Crippen MR) is 84.0 cm³/mol. The van der Waals surface area contributed by atoms with Gasteiger partial charge < -0.3 is 10.4 Å². The van der Waals surface area contributed by atoms with Crippen LogP contribution in [0.25, 0.3) is 0 Å². The van der Waals surface area contributed by atoms with E-state index in [1.54, 1.807) is 6.07 Å². The summed E-state index contributed by atoms with van der Waals surface area (Å²) in [6, 6.07) is 10.1. The third-order valence-corrected chi connectivity index (χ3v) is 4.17. The lowest BCUT2D eigenvalue weighted by molar-refractivity contribution is 0.467. The Morgan fingerprint density at radius 3 is 2.58 bits per heavy atom. The van der Waals surface area contributed by atoms with Gasteiger partial charge in [-0.2, -0.15) is 0 Å². The lowest BCUT2D eigenvalue weighted by Crippen LogP contribution is -2.08. The molecule has 1 atom stereocenters. The van der Waals surface area contributed by atoms with Crippen molar-refractivity contribution in [1.82, 2.24) is 0 Å². The highest BCUT2D eigenvalue weighted by atomic mass is 127. The maximum atomic E-state index is 13.7. The molecule has 1 unspecified atom stereocenters. The van der Waals surface area contributed by atoms with E-state index in [4.69, 9.17) is 0 Å². The van der Waals surface area contributed by atoms with E-state index in [1.165, 1.54) is 15.2 Å². The van der Waals surface area contributed by atoms with E-state index < -0.39 is 5.82 Å². The van der Waals surface area contributed by atoms with E-state index in [-0.39, 0.29) is 11.8 Å². The molecule has 0 aliphatic carbocycles. The van der Waals surface area contributed by atoms with Crippen LogP contribution in [0.4, 0.5) is 10.1 Å². The molecule has 0 aromatic heterocycles. The second-order valence-corrected chi connectivity index (χ2v) is 5.70. The molecule has 0 bridgehead atoms. The number of rotatable bonds is 3. The van der Waals surface area contributed by atoms with Crippen LogP contribution in [0.15, 0.2) is 36.4 Å². The van der Waals surface area contributed by atoms with Crippen LogP contribution < -0.4 is 5.32 Å². The monoisotopic (exact) mass is 371 g/mol. The zero-order valence-electron chi connectivity index (χ0n) is 10.7. The van der Waals surface area contributed by atoms with E-state index in [9.17, 15) is 9.50 Å². The average molecular weight is 371 g/mol. The first kappa shape index (κ1) is 14.1. The molecule has 0 spiro atoms. The van der Waals surface area contributed by atoms with Crippen molar-refractivity contribution < 1.29 is 9.50 Å². The Morgan fingerprint density at radius 1 is 1.21 bits per heavy atom. The number of hydrogen-bond donors (Lipinski definition) is 2. The predicted octanol–water partition coefficient (Wildman–Crippen LogP) is 4.62. The topological polar surface area (TPSA) is 32.3 Å². The fourth-order valence-electron chi connectivity index (χ4n) is 1.88. The number of aromatic hydroxyl groups is 1. The second kappa shape index (κ2) is 5.77. The Kier molecular flexibility index (Phi) is 4.29. The first-order chi connectivity index (χ1) is 8.97. The summed E-state index contributed by atoms with van der Waals surface area (Å²) in [6.45, 7) is 3.94. The van der Waals surface area contributed by atoms with Gasteiger partial charge in [-0.1, -0.05) is 12.1 Å². The molecule has 2 nitrogen and oxygen atoms in total. The molecule has 2 aromatic rings. The summed E-state index contributed by atoms with van der Waals surface area (Å²) < 4.78 is 14.9. The molecule has 0 amide bonds. The summed E-state index contributed by atoms with van der Waals surface area (Å²) in [5.74, 6) is -0.458. The molecule has 2 aromatic carbocycles. The molecule has 0 fully saturated rings. The van der Waals surface area contributed by atoms with E-state index >= 15 is 0 Å². The van der Waals surface area contributed by atoms with Gasteiger partial charge in [0.1, 0.15) is 11.6 Å². The van der Waals surface area contributed by atoms with Gasteiger partial charge in [-0.3, -0.25) is 0 Å². The molecule has 0 aliphatic rings. The van der Waals surface area contributed by atoms with E-state index in [2.05, 4.69) is 34.8 Å². The normalized spacial score (nSPS) is 12.2. The zero-order chi connectivity index (χ0) is 14.0. The minimum absolute atomic E-state index is 0.0571. The maximum Gasteiger partial charge on any atom is 0.132 e. The number of phenols is 1. The minimum atomic E-state index is -0.401. The summed E-state index contributed by atoms with van der Waals surface area (Å²) in [5, 5.41) is 12.5. The molecule has 4 heteroatoms. The van der Waals surface area contributed by atoms with Crippen LogP contribution in [-0.4, -0.2) is 5.11 Å². The van der Waals surface area contributed by atoms with Crippen molar-refractivity contribution >= 4 is 28.3 Å². The number of aryl methyl sites for hydroxylation is 1. The average Bonchev–Trinajstić information content (AvgIpc) is 2.33. The SMILES string of the molecule is Cc1ccc(NC(C)c2ccc(O)cc2F)cc1I. The molecular weight excluding hydrogens is 356 g/mol. The molecule has 100 valence electrons. The third kappa shape index (κ3) is 3.37. The quantitative estimate of drug-likeness (QED) is 0.772. The summed E-state index contributed by atoms with van der Waals surface area (Å²) in [7, 11) is 0. The molecule has 0 saturated carbocycles. The Hall–Kier alpha value is -1.30. The van der Waals surface area contributed by atoms with Crippen molar-refractivity contribution in [3.63, 3.8) is 0 Å². The largest absolute Gasteiger partial charge is 0.508 e. The van der Waals surface area contributed by atoms with E-state index in [0.717, 1.165) is 11.8 Å².